The number of rotatable bonds is 7. The fourth-order valence-corrected chi connectivity index (χ4v) is 2.51. The van der Waals surface area contributed by atoms with Crippen LogP contribution < -0.4 is 14.2 Å². The smallest absolute Gasteiger partial charge is 0.240 e. The van der Waals surface area contributed by atoms with E-state index in [4.69, 9.17) is 14.2 Å². The molecule has 0 heterocycles. The molecule has 1 aromatic carbocycles. The SMILES string of the molecule is COc1ccc(S(=O)(=O)NCC(C)OC)cc1OC. The van der Waals surface area contributed by atoms with Crippen molar-refractivity contribution in [3.05, 3.63) is 18.2 Å². The third kappa shape index (κ3) is 4.09. The standard InChI is InChI=1S/C12H19NO5S/c1-9(16-2)8-13-19(14,15)10-5-6-11(17-3)12(7-10)18-4/h5-7,9,13H,8H2,1-4H3. The summed E-state index contributed by atoms with van der Waals surface area (Å²) in [6.07, 6.45) is -0.199. The van der Waals surface area contributed by atoms with Crippen molar-refractivity contribution in [1.82, 2.24) is 4.72 Å². The van der Waals surface area contributed by atoms with E-state index in [1.165, 1.54) is 33.5 Å². The minimum atomic E-state index is -3.59. The maximum Gasteiger partial charge on any atom is 0.240 e. The summed E-state index contributed by atoms with van der Waals surface area (Å²) in [5.74, 6) is 0.844. The van der Waals surface area contributed by atoms with E-state index >= 15 is 0 Å². The molecular formula is C12H19NO5S. The first-order chi connectivity index (χ1) is 8.94. The highest BCUT2D eigenvalue weighted by atomic mass is 32.2. The third-order valence-corrected chi connectivity index (χ3v) is 4.05. The largest absolute Gasteiger partial charge is 0.493 e. The first kappa shape index (κ1) is 15.7. The fraction of sp³-hybridized carbons (Fsp3) is 0.500. The molecule has 1 unspecified atom stereocenters. The molecule has 0 radical (unpaired) electrons. The summed E-state index contributed by atoms with van der Waals surface area (Å²) in [5, 5.41) is 0. The van der Waals surface area contributed by atoms with Gasteiger partial charge in [0.1, 0.15) is 0 Å². The van der Waals surface area contributed by atoms with Gasteiger partial charge in [-0.05, 0) is 19.1 Å². The molecule has 6 nitrogen and oxygen atoms in total. The molecule has 1 rings (SSSR count). The van der Waals surface area contributed by atoms with Crippen molar-refractivity contribution in [2.45, 2.75) is 17.9 Å². The maximum absolute atomic E-state index is 12.1. The lowest BCUT2D eigenvalue weighted by atomic mass is 10.3. The number of hydrogen-bond donors (Lipinski definition) is 1. The van der Waals surface area contributed by atoms with Crippen molar-refractivity contribution < 1.29 is 22.6 Å². The van der Waals surface area contributed by atoms with Gasteiger partial charge in [0.2, 0.25) is 10.0 Å². The summed E-state index contributed by atoms with van der Waals surface area (Å²) >= 11 is 0. The summed E-state index contributed by atoms with van der Waals surface area (Å²) in [6, 6.07) is 4.42. The van der Waals surface area contributed by atoms with Crippen LogP contribution in [0.1, 0.15) is 6.92 Å². The van der Waals surface area contributed by atoms with Crippen molar-refractivity contribution in [3.8, 4) is 11.5 Å². The first-order valence-corrected chi connectivity index (χ1v) is 7.17. The minimum absolute atomic E-state index is 0.119. The Morgan fingerprint density at radius 3 is 2.32 bits per heavy atom. The summed E-state index contributed by atoms with van der Waals surface area (Å²) in [6.45, 7) is 1.98. The monoisotopic (exact) mass is 289 g/mol. The lowest BCUT2D eigenvalue weighted by molar-refractivity contribution is 0.122. The van der Waals surface area contributed by atoms with E-state index in [0.717, 1.165) is 0 Å². The molecule has 0 bridgehead atoms. The summed E-state index contributed by atoms with van der Waals surface area (Å²) < 4.78 is 41.7. The maximum atomic E-state index is 12.1. The highest BCUT2D eigenvalue weighted by molar-refractivity contribution is 7.89. The highest BCUT2D eigenvalue weighted by Crippen LogP contribution is 2.29. The molecule has 0 aliphatic heterocycles. The normalized spacial score (nSPS) is 13.1. The van der Waals surface area contributed by atoms with Crippen molar-refractivity contribution >= 4 is 10.0 Å². The van der Waals surface area contributed by atoms with Gasteiger partial charge in [-0.1, -0.05) is 0 Å². The Morgan fingerprint density at radius 1 is 1.16 bits per heavy atom. The van der Waals surface area contributed by atoms with Gasteiger partial charge in [0.25, 0.3) is 0 Å². The second-order valence-corrected chi connectivity index (χ2v) is 5.68. The Morgan fingerprint density at radius 2 is 1.79 bits per heavy atom. The number of ether oxygens (including phenoxy) is 3. The van der Waals surface area contributed by atoms with Gasteiger partial charge in [-0.25, -0.2) is 13.1 Å². The van der Waals surface area contributed by atoms with Crippen LogP contribution in [0.5, 0.6) is 11.5 Å². The lowest BCUT2D eigenvalue weighted by Crippen LogP contribution is -2.31. The number of sulfonamides is 1. The molecule has 108 valence electrons. The predicted octanol–water partition coefficient (Wildman–Crippen LogP) is 1.02. The van der Waals surface area contributed by atoms with E-state index in [1.807, 2.05) is 0 Å². The van der Waals surface area contributed by atoms with E-state index in [9.17, 15) is 8.42 Å². The molecule has 0 fully saturated rings. The van der Waals surface area contributed by atoms with Gasteiger partial charge >= 0.3 is 0 Å². The Kier molecular flexibility index (Phi) is 5.59. The molecule has 0 aliphatic carbocycles. The van der Waals surface area contributed by atoms with Crippen LogP contribution in [-0.4, -0.2) is 42.4 Å². The molecular weight excluding hydrogens is 270 g/mol. The Hall–Kier alpha value is -1.31. The van der Waals surface area contributed by atoms with Crippen LogP contribution in [0.4, 0.5) is 0 Å². The molecule has 1 atom stereocenters. The second-order valence-electron chi connectivity index (χ2n) is 3.92. The van der Waals surface area contributed by atoms with Crippen LogP contribution in [0.2, 0.25) is 0 Å². The molecule has 0 aliphatic rings. The number of nitrogens with one attached hydrogen (secondary N) is 1. The average Bonchev–Trinajstić information content (AvgIpc) is 2.43. The summed E-state index contributed by atoms with van der Waals surface area (Å²) in [7, 11) is 0.878. The summed E-state index contributed by atoms with van der Waals surface area (Å²) in [5.41, 5.74) is 0. The number of hydrogen-bond acceptors (Lipinski definition) is 5. The van der Waals surface area contributed by atoms with E-state index in [2.05, 4.69) is 4.72 Å². The zero-order valence-electron chi connectivity index (χ0n) is 11.5. The van der Waals surface area contributed by atoms with Crippen molar-refractivity contribution in [1.29, 1.82) is 0 Å². The molecule has 7 heteroatoms. The molecule has 0 saturated carbocycles. The topological polar surface area (TPSA) is 73.9 Å². The minimum Gasteiger partial charge on any atom is -0.493 e. The van der Waals surface area contributed by atoms with Crippen LogP contribution in [0, 0.1) is 0 Å². The van der Waals surface area contributed by atoms with Crippen molar-refractivity contribution in [2.24, 2.45) is 0 Å². The van der Waals surface area contributed by atoms with Gasteiger partial charge in [-0.3, -0.25) is 0 Å². The third-order valence-electron chi connectivity index (χ3n) is 2.63. The Balaban J connectivity index is 2.95. The van der Waals surface area contributed by atoms with Crippen LogP contribution in [0.3, 0.4) is 0 Å². The van der Waals surface area contributed by atoms with Crippen LogP contribution >= 0.6 is 0 Å². The molecule has 0 spiro atoms. The van der Waals surface area contributed by atoms with E-state index in [0.29, 0.717) is 11.5 Å². The quantitative estimate of drug-likeness (QED) is 0.811. The Labute approximate surface area is 113 Å². The van der Waals surface area contributed by atoms with Gasteiger partial charge in [-0.2, -0.15) is 0 Å². The van der Waals surface area contributed by atoms with Crippen molar-refractivity contribution in [2.75, 3.05) is 27.9 Å². The van der Waals surface area contributed by atoms with Crippen LogP contribution in [0.15, 0.2) is 23.1 Å². The van der Waals surface area contributed by atoms with E-state index in [1.54, 1.807) is 13.0 Å². The van der Waals surface area contributed by atoms with Crippen LogP contribution in [0.25, 0.3) is 0 Å². The first-order valence-electron chi connectivity index (χ1n) is 5.69. The van der Waals surface area contributed by atoms with E-state index < -0.39 is 10.0 Å². The zero-order valence-corrected chi connectivity index (χ0v) is 12.3. The van der Waals surface area contributed by atoms with Gasteiger partial charge < -0.3 is 14.2 Å². The molecule has 1 N–H and O–H groups in total. The molecule has 1 aromatic rings. The Bertz CT molecular complexity index is 515. The van der Waals surface area contributed by atoms with Crippen LogP contribution in [-0.2, 0) is 14.8 Å². The average molecular weight is 289 g/mol. The zero-order chi connectivity index (χ0) is 14.5. The van der Waals surface area contributed by atoms with Gasteiger partial charge in [0, 0.05) is 19.7 Å². The fourth-order valence-electron chi connectivity index (χ4n) is 1.38. The van der Waals surface area contributed by atoms with Crippen molar-refractivity contribution in [3.63, 3.8) is 0 Å². The highest BCUT2D eigenvalue weighted by Gasteiger charge is 2.17. The molecule has 0 amide bonds. The molecule has 0 aromatic heterocycles. The second kappa shape index (κ2) is 6.74. The lowest BCUT2D eigenvalue weighted by Gasteiger charge is -2.13. The molecule has 0 saturated heterocycles. The molecule has 19 heavy (non-hydrogen) atoms. The van der Waals surface area contributed by atoms with Gasteiger partial charge in [0.15, 0.2) is 11.5 Å². The predicted molar refractivity (Wildman–Crippen MR) is 71.2 cm³/mol. The summed E-state index contributed by atoms with van der Waals surface area (Å²) in [4.78, 5) is 0.119. The number of benzene rings is 1. The number of methoxy groups -OCH3 is 3. The van der Waals surface area contributed by atoms with Gasteiger partial charge in [0.05, 0.1) is 25.2 Å². The van der Waals surface area contributed by atoms with E-state index in [-0.39, 0.29) is 17.5 Å². The van der Waals surface area contributed by atoms with Gasteiger partial charge in [-0.15, -0.1) is 0 Å².